The maximum atomic E-state index is 13.6. The van der Waals surface area contributed by atoms with Gasteiger partial charge in [0.1, 0.15) is 6.04 Å². The van der Waals surface area contributed by atoms with Gasteiger partial charge >= 0.3 is 0 Å². The Morgan fingerprint density at radius 2 is 1.50 bits per heavy atom. The van der Waals surface area contributed by atoms with Crippen molar-refractivity contribution >= 4 is 46.7 Å². The lowest BCUT2D eigenvalue weighted by Crippen LogP contribution is -2.56. The van der Waals surface area contributed by atoms with Gasteiger partial charge in [-0.05, 0) is 38.0 Å². The van der Waals surface area contributed by atoms with Crippen molar-refractivity contribution in [3.63, 3.8) is 0 Å². The fraction of sp³-hybridized carbons (Fsp3) is 0.333. The smallest absolute Gasteiger partial charge is 0.273 e. The van der Waals surface area contributed by atoms with Gasteiger partial charge in [-0.2, -0.15) is 5.01 Å². The molecule has 1 saturated carbocycles. The number of Topliss-reactive ketones (excluding diaryl/α,β-unsaturated/α-hetero) is 1. The number of benzene rings is 2. The minimum Gasteiger partial charge on any atom is -0.292 e. The van der Waals surface area contributed by atoms with Crippen LogP contribution in [0.4, 0.5) is 0 Å². The summed E-state index contributed by atoms with van der Waals surface area (Å²) in [4.78, 5) is 53.4. The van der Waals surface area contributed by atoms with Gasteiger partial charge in [-0.3, -0.25) is 19.2 Å². The number of hydrazine groups is 1. The van der Waals surface area contributed by atoms with Gasteiger partial charge in [0.2, 0.25) is 0 Å². The highest BCUT2D eigenvalue weighted by Gasteiger charge is 2.53. The first-order valence-corrected chi connectivity index (χ1v) is 11.3. The number of fused-ring (bicyclic) bond motifs is 1. The van der Waals surface area contributed by atoms with Crippen LogP contribution in [0.2, 0.25) is 10.0 Å². The molecule has 2 aliphatic rings. The lowest BCUT2D eigenvalue weighted by atomic mass is 9.81. The topological polar surface area (TPSA) is 74.8 Å². The van der Waals surface area contributed by atoms with E-state index in [0.717, 1.165) is 22.9 Å². The quantitative estimate of drug-likeness (QED) is 0.462. The molecule has 1 saturated heterocycles. The first-order valence-electron chi connectivity index (χ1n) is 10.6. The van der Waals surface area contributed by atoms with Gasteiger partial charge in [-0.25, -0.2) is 5.01 Å². The van der Waals surface area contributed by atoms with Gasteiger partial charge in [-0.15, -0.1) is 0 Å². The molecule has 2 aromatic rings. The lowest BCUT2D eigenvalue weighted by molar-refractivity contribution is -0.156. The largest absolute Gasteiger partial charge is 0.292 e. The monoisotopic (exact) mass is 472 g/mol. The number of hydrogen-bond acceptors (Lipinski definition) is 4. The predicted molar refractivity (Wildman–Crippen MR) is 120 cm³/mol. The summed E-state index contributed by atoms with van der Waals surface area (Å²) < 4.78 is 0. The minimum atomic E-state index is -1.09. The van der Waals surface area contributed by atoms with Crippen LogP contribution in [0.15, 0.2) is 48.5 Å². The number of carbonyl (C=O) groups excluding carboxylic acids is 4. The summed E-state index contributed by atoms with van der Waals surface area (Å²) in [5.74, 6) is -2.82. The second-order valence-electron chi connectivity index (χ2n) is 8.17. The molecule has 1 aliphatic heterocycles. The molecule has 0 radical (unpaired) electrons. The number of nitrogens with zero attached hydrogens (tertiary/aromatic N) is 2. The standard InChI is InChI=1S/C24H22Cl2N2O4/c1-14(21(29)15-7-3-2-4-8-15)27(22(30)16-11-12-19(25)20(26)13-16)28-23(31)17-9-5-6-10-18(17)24(28)32/h2-4,7-8,11-14,17-18H,5-6,9-10H2,1H3/t14-,17-,18+/m0/s1. The van der Waals surface area contributed by atoms with E-state index in [4.69, 9.17) is 23.2 Å². The summed E-state index contributed by atoms with van der Waals surface area (Å²) >= 11 is 12.1. The van der Waals surface area contributed by atoms with Crippen molar-refractivity contribution in [3.8, 4) is 0 Å². The normalized spacial score (nSPS) is 21.3. The van der Waals surface area contributed by atoms with Gasteiger partial charge in [0.05, 0.1) is 21.9 Å². The maximum absolute atomic E-state index is 13.6. The highest BCUT2D eigenvalue weighted by atomic mass is 35.5. The second-order valence-corrected chi connectivity index (χ2v) is 8.98. The highest BCUT2D eigenvalue weighted by Crippen LogP contribution is 2.39. The van der Waals surface area contributed by atoms with Crippen molar-refractivity contribution in [1.82, 2.24) is 10.0 Å². The Kier molecular flexibility index (Phi) is 6.35. The summed E-state index contributed by atoms with van der Waals surface area (Å²) in [5, 5.41) is 2.32. The van der Waals surface area contributed by atoms with Crippen molar-refractivity contribution < 1.29 is 19.2 Å². The third kappa shape index (κ3) is 3.93. The molecular weight excluding hydrogens is 451 g/mol. The maximum Gasteiger partial charge on any atom is 0.273 e. The Balaban J connectivity index is 1.76. The molecule has 166 valence electrons. The number of rotatable bonds is 5. The summed E-state index contributed by atoms with van der Waals surface area (Å²) in [7, 11) is 0. The molecule has 0 spiro atoms. The van der Waals surface area contributed by atoms with Crippen molar-refractivity contribution in [3.05, 3.63) is 69.7 Å². The molecular formula is C24H22Cl2N2O4. The number of amides is 3. The van der Waals surface area contributed by atoms with Crippen LogP contribution >= 0.6 is 23.2 Å². The van der Waals surface area contributed by atoms with E-state index in [2.05, 4.69) is 0 Å². The highest BCUT2D eigenvalue weighted by molar-refractivity contribution is 6.42. The molecule has 3 amide bonds. The molecule has 4 rings (SSSR count). The molecule has 0 bridgehead atoms. The minimum absolute atomic E-state index is 0.127. The third-order valence-corrected chi connectivity index (χ3v) is 6.95. The molecule has 2 fully saturated rings. The van der Waals surface area contributed by atoms with Crippen LogP contribution in [-0.2, 0) is 9.59 Å². The van der Waals surface area contributed by atoms with E-state index in [-0.39, 0.29) is 21.4 Å². The first kappa shape index (κ1) is 22.5. The number of ketones is 1. The summed E-state index contributed by atoms with van der Waals surface area (Å²) in [6.45, 7) is 1.52. The summed E-state index contributed by atoms with van der Waals surface area (Å²) in [5.41, 5.74) is 0.506. The van der Waals surface area contributed by atoms with E-state index >= 15 is 0 Å². The molecule has 32 heavy (non-hydrogen) atoms. The predicted octanol–water partition coefficient (Wildman–Crippen LogP) is 4.80. The molecule has 6 nitrogen and oxygen atoms in total. The molecule has 2 aromatic carbocycles. The summed E-state index contributed by atoms with van der Waals surface area (Å²) in [6.07, 6.45) is 2.91. The zero-order chi connectivity index (χ0) is 23.0. The molecule has 0 aromatic heterocycles. The van der Waals surface area contributed by atoms with Crippen molar-refractivity contribution in [2.75, 3.05) is 0 Å². The Hall–Kier alpha value is -2.70. The Morgan fingerprint density at radius 1 is 0.906 bits per heavy atom. The van der Waals surface area contributed by atoms with Crippen LogP contribution in [-0.4, -0.2) is 39.6 Å². The van der Waals surface area contributed by atoms with Gasteiger partial charge in [-0.1, -0.05) is 66.4 Å². The van der Waals surface area contributed by atoms with E-state index in [0.29, 0.717) is 18.4 Å². The average molecular weight is 473 g/mol. The van der Waals surface area contributed by atoms with Crippen molar-refractivity contribution in [2.24, 2.45) is 11.8 Å². The number of imide groups is 1. The van der Waals surface area contributed by atoms with Crippen LogP contribution in [0.25, 0.3) is 0 Å². The lowest BCUT2D eigenvalue weighted by Gasteiger charge is -2.34. The zero-order valence-electron chi connectivity index (χ0n) is 17.5. The van der Waals surface area contributed by atoms with E-state index < -0.39 is 35.6 Å². The van der Waals surface area contributed by atoms with Crippen LogP contribution < -0.4 is 0 Å². The van der Waals surface area contributed by atoms with Gasteiger partial charge in [0.25, 0.3) is 17.7 Å². The van der Waals surface area contributed by atoms with E-state index in [1.165, 1.54) is 25.1 Å². The number of hydrogen-bond donors (Lipinski definition) is 0. The summed E-state index contributed by atoms with van der Waals surface area (Å²) in [6, 6.07) is 11.7. The SMILES string of the molecule is C[C@@H](C(=O)c1ccccc1)N(C(=O)c1ccc(Cl)c(Cl)c1)N1C(=O)[C@H]2CCCC[C@H]2C1=O. The van der Waals surface area contributed by atoms with Gasteiger partial charge < -0.3 is 0 Å². The fourth-order valence-electron chi connectivity index (χ4n) is 4.51. The molecule has 0 N–H and O–H groups in total. The Labute approximate surface area is 196 Å². The van der Waals surface area contributed by atoms with Gasteiger partial charge in [0, 0.05) is 11.1 Å². The first-order chi connectivity index (χ1) is 15.3. The second kappa shape index (κ2) is 9.04. The van der Waals surface area contributed by atoms with Crippen molar-refractivity contribution in [1.29, 1.82) is 0 Å². The van der Waals surface area contributed by atoms with E-state index in [1.54, 1.807) is 30.3 Å². The Morgan fingerprint density at radius 3 is 2.06 bits per heavy atom. The molecule has 1 heterocycles. The zero-order valence-corrected chi connectivity index (χ0v) is 19.0. The number of halogens is 2. The van der Waals surface area contributed by atoms with Crippen molar-refractivity contribution in [2.45, 2.75) is 38.6 Å². The number of carbonyl (C=O) groups is 4. The van der Waals surface area contributed by atoms with E-state index in [9.17, 15) is 19.2 Å². The average Bonchev–Trinajstić information content (AvgIpc) is 3.06. The molecule has 3 atom stereocenters. The molecule has 0 unspecified atom stereocenters. The van der Waals surface area contributed by atoms with Crippen LogP contribution in [0.3, 0.4) is 0 Å². The van der Waals surface area contributed by atoms with Gasteiger partial charge in [0.15, 0.2) is 5.78 Å². The van der Waals surface area contributed by atoms with Crippen LogP contribution in [0, 0.1) is 11.8 Å². The van der Waals surface area contributed by atoms with Crippen LogP contribution in [0.5, 0.6) is 0 Å². The van der Waals surface area contributed by atoms with E-state index in [1.807, 2.05) is 0 Å². The molecule has 1 aliphatic carbocycles. The fourth-order valence-corrected chi connectivity index (χ4v) is 4.81. The molecule has 8 heteroatoms. The van der Waals surface area contributed by atoms with Crippen LogP contribution in [0.1, 0.15) is 53.3 Å². The third-order valence-electron chi connectivity index (χ3n) is 6.21. The Bertz CT molecular complexity index is 1060.